The number of carbonyl (C=O) groups is 1. The number of carboxylic acids is 1. The van der Waals surface area contributed by atoms with E-state index in [4.69, 9.17) is 5.11 Å². The molecule has 16 heavy (non-hydrogen) atoms. The molecule has 0 aliphatic carbocycles. The molecule has 0 radical (unpaired) electrons. The molecule has 88 valence electrons. The molecule has 0 bridgehead atoms. The highest BCUT2D eigenvalue weighted by Crippen LogP contribution is 2.22. The van der Waals surface area contributed by atoms with Gasteiger partial charge in [-0.05, 0) is 24.1 Å². The maximum Gasteiger partial charge on any atom is 0.306 e. The van der Waals surface area contributed by atoms with E-state index in [2.05, 4.69) is 0 Å². The molecule has 0 heterocycles. The van der Waals surface area contributed by atoms with E-state index in [1.807, 2.05) is 14.1 Å². The van der Waals surface area contributed by atoms with Crippen LogP contribution in [-0.4, -0.2) is 25.2 Å². The van der Waals surface area contributed by atoms with Crippen LogP contribution in [0.3, 0.4) is 0 Å². The summed E-state index contributed by atoms with van der Waals surface area (Å²) in [6, 6.07) is 4.42. The molecule has 0 aliphatic heterocycles. The minimum atomic E-state index is -0.839. The minimum absolute atomic E-state index is 0.310. The average Bonchev–Trinajstić information content (AvgIpc) is 2.20. The zero-order chi connectivity index (χ0) is 12.3. The van der Waals surface area contributed by atoms with E-state index in [0.29, 0.717) is 6.42 Å². The zero-order valence-electron chi connectivity index (χ0n) is 9.70. The van der Waals surface area contributed by atoms with Crippen LogP contribution >= 0.6 is 0 Å². The Morgan fingerprint density at radius 1 is 1.50 bits per heavy atom. The Morgan fingerprint density at radius 3 is 2.62 bits per heavy atom. The number of hydrogen-bond acceptors (Lipinski definition) is 2. The van der Waals surface area contributed by atoms with E-state index in [-0.39, 0.29) is 5.82 Å². The second-order valence-electron chi connectivity index (χ2n) is 4.11. The number of benzene rings is 1. The molecule has 1 atom stereocenters. The van der Waals surface area contributed by atoms with Crippen molar-refractivity contribution in [2.24, 2.45) is 5.92 Å². The third-order valence-electron chi connectivity index (χ3n) is 2.48. The summed E-state index contributed by atoms with van der Waals surface area (Å²) < 4.78 is 13.1. The Balaban J connectivity index is 2.99. The number of nitrogens with zero attached hydrogens (tertiary/aromatic N) is 1. The zero-order valence-corrected chi connectivity index (χ0v) is 9.70. The Kier molecular flexibility index (Phi) is 3.88. The van der Waals surface area contributed by atoms with Crippen molar-refractivity contribution in [3.8, 4) is 0 Å². The maximum atomic E-state index is 13.1. The van der Waals surface area contributed by atoms with Gasteiger partial charge in [-0.3, -0.25) is 4.79 Å². The summed E-state index contributed by atoms with van der Waals surface area (Å²) in [5.74, 6) is -1.62. The van der Waals surface area contributed by atoms with Crippen LogP contribution in [0, 0.1) is 11.7 Å². The van der Waals surface area contributed by atoms with E-state index >= 15 is 0 Å². The van der Waals surface area contributed by atoms with Gasteiger partial charge in [0.2, 0.25) is 0 Å². The van der Waals surface area contributed by atoms with Crippen LogP contribution in [0.2, 0.25) is 0 Å². The second kappa shape index (κ2) is 4.96. The van der Waals surface area contributed by atoms with Crippen LogP contribution in [0.5, 0.6) is 0 Å². The van der Waals surface area contributed by atoms with E-state index in [1.165, 1.54) is 12.1 Å². The summed E-state index contributed by atoms with van der Waals surface area (Å²) in [6.07, 6.45) is 0.406. The first-order chi connectivity index (χ1) is 7.41. The molecule has 1 N–H and O–H groups in total. The van der Waals surface area contributed by atoms with Gasteiger partial charge in [0.05, 0.1) is 5.92 Å². The summed E-state index contributed by atoms with van der Waals surface area (Å²) in [6.45, 7) is 1.64. The number of aliphatic carboxylic acids is 1. The topological polar surface area (TPSA) is 40.5 Å². The van der Waals surface area contributed by atoms with Crippen molar-refractivity contribution >= 4 is 11.7 Å². The predicted molar refractivity (Wildman–Crippen MR) is 61.2 cm³/mol. The Hall–Kier alpha value is -1.58. The van der Waals surface area contributed by atoms with Crippen molar-refractivity contribution in [2.75, 3.05) is 19.0 Å². The lowest BCUT2D eigenvalue weighted by Crippen LogP contribution is -2.16. The molecular formula is C12H16FNO2. The number of rotatable bonds is 4. The van der Waals surface area contributed by atoms with E-state index in [0.717, 1.165) is 11.3 Å². The lowest BCUT2D eigenvalue weighted by atomic mass is 9.99. The van der Waals surface area contributed by atoms with Gasteiger partial charge < -0.3 is 10.0 Å². The van der Waals surface area contributed by atoms with Gasteiger partial charge in [0.25, 0.3) is 0 Å². The fourth-order valence-corrected chi connectivity index (χ4v) is 1.54. The highest BCUT2D eigenvalue weighted by Gasteiger charge is 2.15. The first-order valence-electron chi connectivity index (χ1n) is 5.10. The van der Waals surface area contributed by atoms with E-state index < -0.39 is 11.9 Å². The van der Waals surface area contributed by atoms with Crippen molar-refractivity contribution in [3.05, 3.63) is 29.6 Å². The lowest BCUT2D eigenvalue weighted by molar-refractivity contribution is -0.141. The first-order valence-corrected chi connectivity index (χ1v) is 5.10. The normalized spacial score (nSPS) is 12.2. The van der Waals surface area contributed by atoms with Crippen molar-refractivity contribution < 1.29 is 14.3 Å². The molecule has 3 nitrogen and oxygen atoms in total. The molecule has 0 saturated carbocycles. The third kappa shape index (κ3) is 2.95. The first kappa shape index (κ1) is 12.5. The lowest BCUT2D eigenvalue weighted by Gasteiger charge is -2.18. The maximum absolute atomic E-state index is 13.1. The fraction of sp³-hybridized carbons (Fsp3) is 0.417. The van der Waals surface area contributed by atoms with Gasteiger partial charge in [0.15, 0.2) is 0 Å². The largest absolute Gasteiger partial charge is 0.481 e. The van der Waals surface area contributed by atoms with Gasteiger partial charge in [0, 0.05) is 19.8 Å². The molecule has 1 aromatic carbocycles. The highest BCUT2D eigenvalue weighted by molar-refractivity contribution is 5.70. The SMILES string of the molecule is CC(Cc1ccc(F)cc1N(C)C)C(=O)O. The average molecular weight is 225 g/mol. The van der Waals surface area contributed by atoms with Crippen LogP contribution in [0.1, 0.15) is 12.5 Å². The minimum Gasteiger partial charge on any atom is -0.481 e. The Labute approximate surface area is 94.5 Å². The van der Waals surface area contributed by atoms with Crippen LogP contribution in [0.15, 0.2) is 18.2 Å². The van der Waals surface area contributed by atoms with Gasteiger partial charge in [-0.2, -0.15) is 0 Å². The quantitative estimate of drug-likeness (QED) is 0.853. The molecule has 0 saturated heterocycles. The Morgan fingerprint density at radius 2 is 2.12 bits per heavy atom. The van der Waals surface area contributed by atoms with Gasteiger partial charge in [-0.25, -0.2) is 4.39 Å². The van der Waals surface area contributed by atoms with Gasteiger partial charge in [-0.15, -0.1) is 0 Å². The monoisotopic (exact) mass is 225 g/mol. The number of halogens is 1. The second-order valence-corrected chi connectivity index (χ2v) is 4.11. The summed E-state index contributed by atoms with van der Waals surface area (Å²) in [4.78, 5) is 12.5. The predicted octanol–water partition coefficient (Wildman–Crippen LogP) is 2.15. The molecule has 0 amide bonds. The van der Waals surface area contributed by atoms with Crippen molar-refractivity contribution in [2.45, 2.75) is 13.3 Å². The van der Waals surface area contributed by atoms with Crippen LogP contribution in [0.4, 0.5) is 10.1 Å². The molecule has 0 spiro atoms. The molecule has 4 heteroatoms. The molecule has 0 aromatic heterocycles. The Bertz CT molecular complexity index is 391. The van der Waals surface area contributed by atoms with Crippen LogP contribution in [0.25, 0.3) is 0 Å². The van der Waals surface area contributed by atoms with Gasteiger partial charge in [0.1, 0.15) is 5.82 Å². The van der Waals surface area contributed by atoms with Crippen molar-refractivity contribution in [1.82, 2.24) is 0 Å². The molecule has 0 aliphatic rings. The number of anilines is 1. The van der Waals surface area contributed by atoms with Gasteiger partial charge in [-0.1, -0.05) is 13.0 Å². The third-order valence-corrected chi connectivity index (χ3v) is 2.48. The standard InChI is InChI=1S/C12H16FNO2/c1-8(12(15)16)6-9-4-5-10(13)7-11(9)14(2)3/h4-5,7-8H,6H2,1-3H3,(H,15,16). The van der Waals surface area contributed by atoms with Crippen LogP contribution in [-0.2, 0) is 11.2 Å². The summed E-state index contributed by atoms with van der Waals surface area (Å²) in [5, 5.41) is 8.84. The van der Waals surface area contributed by atoms with E-state index in [9.17, 15) is 9.18 Å². The molecule has 1 rings (SSSR count). The summed E-state index contributed by atoms with van der Waals surface area (Å²) in [5.41, 5.74) is 1.58. The van der Waals surface area contributed by atoms with E-state index in [1.54, 1.807) is 17.9 Å². The number of carboxylic acid groups (broad SMARTS) is 1. The molecular weight excluding hydrogens is 209 g/mol. The highest BCUT2D eigenvalue weighted by atomic mass is 19.1. The molecule has 1 aromatic rings. The van der Waals surface area contributed by atoms with Crippen LogP contribution < -0.4 is 4.90 Å². The fourth-order valence-electron chi connectivity index (χ4n) is 1.54. The molecule has 1 unspecified atom stereocenters. The number of hydrogen-bond donors (Lipinski definition) is 1. The van der Waals surface area contributed by atoms with Crippen molar-refractivity contribution in [1.29, 1.82) is 0 Å². The summed E-state index contributed by atoms with van der Waals surface area (Å²) in [7, 11) is 3.62. The smallest absolute Gasteiger partial charge is 0.306 e. The van der Waals surface area contributed by atoms with Gasteiger partial charge >= 0.3 is 5.97 Å². The van der Waals surface area contributed by atoms with Crippen molar-refractivity contribution in [3.63, 3.8) is 0 Å². The summed E-state index contributed by atoms with van der Waals surface area (Å²) >= 11 is 0. The molecule has 0 fully saturated rings.